The van der Waals surface area contributed by atoms with Crippen LogP contribution in [0, 0.1) is 0 Å². The first-order chi connectivity index (χ1) is 8.18. The Morgan fingerprint density at radius 2 is 2.18 bits per heavy atom. The summed E-state index contributed by atoms with van der Waals surface area (Å²) < 4.78 is 0. The van der Waals surface area contributed by atoms with Gasteiger partial charge in [-0.3, -0.25) is 9.69 Å². The number of hydrogen-bond donors (Lipinski definition) is 1. The van der Waals surface area contributed by atoms with Gasteiger partial charge in [-0.2, -0.15) is 0 Å². The van der Waals surface area contributed by atoms with E-state index in [0.717, 1.165) is 19.4 Å². The number of rotatable bonds is 5. The van der Waals surface area contributed by atoms with Gasteiger partial charge in [-0.05, 0) is 31.7 Å². The molecule has 0 spiro atoms. The minimum Gasteiger partial charge on any atom is -0.480 e. The Kier molecular flexibility index (Phi) is 3.79. The number of likely N-dealkylation sites (tertiary alicyclic amines) is 1. The molecule has 1 heterocycles. The Morgan fingerprint density at radius 1 is 1.47 bits per heavy atom. The highest BCUT2D eigenvalue weighted by Crippen LogP contribution is 2.23. The van der Waals surface area contributed by atoms with E-state index in [2.05, 4.69) is 24.0 Å². The maximum atomic E-state index is 11.3. The van der Waals surface area contributed by atoms with Gasteiger partial charge in [-0.15, -0.1) is 0 Å². The fraction of sp³-hybridized carbons (Fsp3) is 0.500. The predicted octanol–water partition coefficient (Wildman–Crippen LogP) is 2.17. The van der Waals surface area contributed by atoms with Gasteiger partial charge in [-0.25, -0.2) is 0 Å². The molecule has 1 aliphatic heterocycles. The molecule has 1 aliphatic rings. The molecule has 2 atom stereocenters. The van der Waals surface area contributed by atoms with Gasteiger partial charge in [0.1, 0.15) is 6.04 Å². The summed E-state index contributed by atoms with van der Waals surface area (Å²) in [5.41, 5.74) is 1.21. The van der Waals surface area contributed by atoms with E-state index in [1.807, 2.05) is 18.2 Å². The summed E-state index contributed by atoms with van der Waals surface area (Å²) in [6, 6.07) is 10.2. The van der Waals surface area contributed by atoms with Gasteiger partial charge in [0.25, 0.3) is 0 Å². The van der Waals surface area contributed by atoms with Crippen LogP contribution in [0.1, 0.15) is 25.3 Å². The lowest BCUT2D eigenvalue weighted by Gasteiger charge is -2.42. The van der Waals surface area contributed by atoms with E-state index in [9.17, 15) is 9.90 Å². The molecule has 0 saturated carbocycles. The summed E-state index contributed by atoms with van der Waals surface area (Å²) in [6.45, 7) is 3.02. The largest absolute Gasteiger partial charge is 0.480 e. The molecule has 2 unspecified atom stereocenters. The van der Waals surface area contributed by atoms with Crippen molar-refractivity contribution in [1.29, 1.82) is 0 Å². The topological polar surface area (TPSA) is 40.5 Å². The van der Waals surface area contributed by atoms with E-state index in [-0.39, 0.29) is 6.04 Å². The van der Waals surface area contributed by atoms with E-state index in [1.165, 1.54) is 5.56 Å². The number of aliphatic carboxylic acids is 1. The quantitative estimate of drug-likeness (QED) is 0.847. The summed E-state index contributed by atoms with van der Waals surface area (Å²) in [5, 5.41) is 9.26. The van der Waals surface area contributed by atoms with Crippen LogP contribution in [-0.4, -0.2) is 34.6 Å². The molecule has 3 nitrogen and oxygen atoms in total. The maximum absolute atomic E-state index is 11.3. The van der Waals surface area contributed by atoms with Crippen molar-refractivity contribution in [3.63, 3.8) is 0 Å². The van der Waals surface area contributed by atoms with Crippen molar-refractivity contribution in [3.05, 3.63) is 35.9 Å². The first-order valence-electron chi connectivity index (χ1n) is 6.21. The SMILES string of the molecule is CC1CCN1C(CCc1ccccc1)C(=O)O. The highest BCUT2D eigenvalue weighted by Gasteiger charge is 2.34. The van der Waals surface area contributed by atoms with E-state index >= 15 is 0 Å². The van der Waals surface area contributed by atoms with Crippen molar-refractivity contribution >= 4 is 5.97 Å². The summed E-state index contributed by atoms with van der Waals surface area (Å²) in [4.78, 5) is 13.3. The molecule has 3 heteroatoms. The summed E-state index contributed by atoms with van der Waals surface area (Å²) >= 11 is 0. The van der Waals surface area contributed by atoms with Crippen LogP contribution in [0.15, 0.2) is 30.3 Å². The van der Waals surface area contributed by atoms with Crippen LogP contribution in [0.5, 0.6) is 0 Å². The number of nitrogens with zero attached hydrogens (tertiary/aromatic N) is 1. The van der Waals surface area contributed by atoms with Crippen LogP contribution in [-0.2, 0) is 11.2 Å². The molecular weight excluding hydrogens is 214 g/mol. The first kappa shape index (κ1) is 12.1. The lowest BCUT2D eigenvalue weighted by molar-refractivity contribution is -0.147. The molecule has 92 valence electrons. The van der Waals surface area contributed by atoms with E-state index in [4.69, 9.17) is 0 Å². The molecule has 1 fully saturated rings. The Bertz CT molecular complexity index is 377. The molecule has 1 N–H and O–H groups in total. The predicted molar refractivity (Wildman–Crippen MR) is 67.0 cm³/mol. The Morgan fingerprint density at radius 3 is 2.65 bits per heavy atom. The summed E-state index contributed by atoms with van der Waals surface area (Å²) in [6.07, 6.45) is 2.65. The summed E-state index contributed by atoms with van der Waals surface area (Å²) in [7, 11) is 0. The fourth-order valence-corrected chi connectivity index (χ4v) is 2.38. The first-order valence-corrected chi connectivity index (χ1v) is 6.21. The molecule has 0 amide bonds. The van der Waals surface area contributed by atoms with Crippen LogP contribution in [0.4, 0.5) is 0 Å². The van der Waals surface area contributed by atoms with E-state index < -0.39 is 5.97 Å². The molecule has 1 aromatic rings. The zero-order valence-electron chi connectivity index (χ0n) is 10.2. The highest BCUT2D eigenvalue weighted by atomic mass is 16.4. The number of aryl methyl sites for hydroxylation is 1. The third kappa shape index (κ3) is 2.86. The Balaban J connectivity index is 1.92. The minimum atomic E-state index is -0.688. The normalized spacial score (nSPS) is 21.8. The number of carboxylic acids is 1. The number of carboxylic acid groups (broad SMARTS) is 1. The smallest absolute Gasteiger partial charge is 0.320 e. The van der Waals surface area contributed by atoms with Crippen LogP contribution in [0.3, 0.4) is 0 Å². The number of hydrogen-bond acceptors (Lipinski definition) is 2. The third-order valence-corrected chi connectivity index (χ3v) is 3.61. The zero-order valence-corrected chi connectivity index (χ0v) is 10.2. The van der Waals surface area contributed by atoms with Crippen LogP contribution in [0.2, 0.25) is 0 Å². The van der Waals surface area contributed by atoms with Crippen molar-refractivity contribution in [2.24, 2.45) is 0 Å². The van der Waals surface area contributed by atoms with Crippen LogP contribution < -0.4 is 0 Å². The number of benzene rings is 1. The second-order valence-corrected chi connectivity index (χ2v) is 4.75. The Labute approximate surface area is 102 Å². The maximum Gasteiger partial charge on any atom is 0.320 e. The van der Waals surface area contributed by atoms with Gasteiger partial charge >= 0.3 is 5.97 Å². The molecule has 0 aromatic heterocycles. The lowest BCUT2D eigenvalue weighted by Crippen LogP contribution is -2.54. The van der Waals surface area contributed by atoms with Crippen molar-refractivity contribution < 1.29 is 9.90 Å². The molecule has 0 bridgehead atoms. The number of carbonyl (C=O) groups is 1. The fourth-order valence-electron chi connectivity index (χ4n) is 2.38. The molecular formula is C14H19NO2. The second kappa shape index (κ2) is 5.32. The molecule has 2 rings (SSSR count). The molecule has 17 heavy (non-hydrogen) atoms. The average molecular weight is 233 g/mol. The van der Waals surface area contributed by atoms with Crippen LogP contribution in [0.25, 0.3) is 0 Å². The van der Waals surface area contributed by atoms with Gasteiger partial charge in [-0.1, -0.05) is 30.3 Å². The highest BCUT2D eigenvalue weighted by molar-refractivity contribution is 5.73. The van der Waals surface area contributed by atoms with Crippen molar-refractivity contribution in [2.75, 3.05) is 6.54 Å². The molecule has 0 radical (unpaired) electrons. The zero-order chi connectivity index (χ0) is 12.3. The monoisotopic (exact) mass is 233 g/mol. The standard InChI is InChI=1S/C14H19NO2/c1-11-9-10-15(11)13(14(16)17)8-7-12-5-3-2-4-6-12/h2-6,11,13H,7-10H2,1H3,(H,16,17). The van der Waals surface area contributed by atoms with E-state index in [1.54, 1.807) is 0 Å². The van der Waals surface area contributed by atoms with Gasteiger partial charge in [0.2, 0.25) is 0 Å². The van der Waals surface area contributed by atoms with Gasteiger partial charge in [0, 0.05) is 12.6 Å². The van der Waals surface area contributed by atoms with Crippen molar-refractivity contribution in [3.8, 4) is 0 Å². The average Bonchev–Trinajstić information content (AvgIpc) is 2.33. The lowest BCUT2D eigenvalue weighted by atomic mass is 9.97. The summed E-state index contributed by atoms with van der Waals surface area (Å²) in [5.74, 6) is -0.688. The molecule has 1 saturated heterocycles. The van der Waals surface area contributed by atoms with Crippen molar-refractivity contribution in [2.45, 2.75) is 38.3 Å². The van der Waals surface area contributed by atoms with Gasteiger partial charge in [0.05, 0.1) is 0 Å². The molecule has 1 aromatic carbocycles. The Hall–Kier alpha value is -1.35. The van der Waals surface area contributed by atoms with Crippen molar-refractivity contribution in [1.82, 2.24) is 4.90 Å². The van der Waals surface area contributed by atoms with E-state index in [0.29, 0.717) is 12.5 Å². The van der Waals surface area contributed by atoms with Gasteiger partial charge < -0.3 is 5.11 Å². The third-order valence-electron chi connectivity index (χ3n) is 3.61. The minimum absolute atomic E-state index is 0.320. The second-order valence-electron chi connectivity index (χ2n) is 4.75. The van der Waals surface area contributed by atoms with Gasteiger partial charge in [0.15, 0.2) is 0 Å². The molecule has 0 aliphatic carbocycles. The van der Waals surface area contributed by atoms with Crippen LogP contribution >= 0.6 is 0 Å².